The van der Waals surface area contributed by atoms with Crippen LogP contribution in [-0.2, 0) is 21.3 Å². The standard InChI is InChI=1S/C26H24FN3O4S/c27-20-7-8-21(28-15-20)16-29-26(31)19-5-9-22(10-6-19)35(32,33)30-17-24(18-11-13-34-14-12-18)23-3-1-2-4-25(23)30/h1-10,15,17-18H,11-14,16H2,(H,29,31). The van der Waals surface area contributed by atoms with E-state index in [9.17, 15) is 17.6 Å². The Balaban J connectivity index is 1.39. The Bertz CT molecular complexity index is 1460. The van der Waals surface area contributed by atoms with Crippen LogP contribution in [0.5, 0.6) is 0 Å². The van der Waals surface area contributed by atoms with Gasteiger partial charge in [-0.15, -0.1) is 0 Å². The Morgan fingerprint density at radius 1 is 1.06 bits per heavy atom. The number of benzene rings is 2. The molecule has 1 fully saturated rings. The van der Waals surface area contributed by atoms with Crippen molar-refractivity contribution in [1.82, 2.24) is 14.3 Å². The minimum atomic E-state index is -3.88. The van der Waals surface area contributed by atoms with Crippen LogP contribution in [0.4, 0.5) is 4.39 Å². The van der Waals surface area contributed by atoms with Crippen LogP contribution in [0, 0.1) is 5.82 Å². The highest BCUT2D eigenvalue weighted by atomic mass is 32.2. The number of pyridine rings is 1. The van der Waals surface area contributed by atoms with Crippen LogP contribution in [0.15, 0.2) is 78.0 Å². The third kappa shape index (κ3) is 4.69. The molecule has 0 radical (unpaired) electrons. The minimum Gasteiger partial charge on any atom is -0.381 e. The Labute approximate surface area is 202 Å². The SMILES string of the molecule is O=C(NCc1ccc(F)cn1)c1ccc(S(=O)(=O)n2cc(C3CCOCC3)c3ccccc32)cc1. The maximum atomic E-state index is 13.6. The van der Waals surface area contributed by atoms with Crippen LogP contribution in [0.3, 0.4) is 0 Å². The van der Waals surface area contributed by atoms with E-state index in [1.165, 1.54) is 40.4 Å². The topological polar surface area (TPSA) is 90.3 Å². The molecule has 1 amide bonds. The molecule has 2 aromatic heterocycles. The summed E-state index contributed by atoms with van der Waals surface area (Å²) in [7, 11) is -3.88. The second kappa shape index (κ2) is 9.59. The zero-order valence-corrected chi connectivity index (χ0v) is 19.7. The average molecular weight is 494 g/mol. The lowest BCUT2D eigenvalue weighted by molar-refractivity contribution is 0.0856. The van der Waals surface area contributed by atoms with Gasteiger partial charge in [0.15, 0.2) is 0 Å². The monoisotopic (exact) mass is 493 g/mol. The minimum absolute atomic E-state index is 0.0912. The number of halogens is 1. The Kier molecular flexibility index (Phi) is 6.36. The summed E-state index contributed by atoms with van der Waals surface area (Å²) in [6, 6.07) is 16.1. The van der Waals surface area contributed by atoms with Gasteiger partial charge in [0.25, 0.3) is 15.9 Å². The predicted molar refractivity (Wildman–Crippen MR) is 129 cm³/mol. The molecule has 2 aromatic carbocycles. The van der Waals surface area contributed by atoms with Gasteiger partial charge < -0.3 is 10.1 Å². The number of hydrogen-bond acceptors (Lipinski definition) is 5. The van der Waals surface area contributed by atoms with Crippen molar-refractivity contribution in [1.29, 1.82) is 0 Å². The number of para-hydroxylation sites is 1. The van der Waals surface area contributed by atoms with Gasteiger partial charge >= 0.3 is 0 Å². The zero-order valence-electron chi connectivity index (χ0n) is 18.9. The van der Waals surface area contributed by atoms with Gasteiger partial charge in [0.1, 0.15) is 5.82 Å². The van der Waals surface area contributed by atoms with E-state index in [0.29, 0.717) is 30.0 Å². The molecule has 0 spiro atoms. The largest absolute Gasteiger partial charge is 0.381 e. The van der Waals surface area contributed by atoms with Gasteiger partial charge in [-0.25, -0.2) is 16.8 Å². The molecule has 0 aliphatic carbocycles. The van der Waals surface area contributed by atoms with Crippen LogP contribution in [-0.4, -0.2) is 36.5 Å². The molecule has 0 saturated carbocycles. The van der Waals surface area contributed by atoms with Crippen LogP contribution >= 0.6 is 0 Å². The number of amides is 1. The lowest BCUT2D eigenvalue weighted by Crippen LogP contribution is -2.23. The van der Waals surface area contributed by atoms with Gasteiger partial charge in [-0.2, -0.15) is 0 Å². The number of carbonyl (C=O) groups is 1. The molecule has 180 valence electrons. The number of nitrogens with one attached hydrogen (secondary N) is 1. The maximum absolute atomic E-state index is 13.6. The molecule has 35 heavy (non-hydrogen) atoms. The summed E-state index contributed by atoms with van der Waals surface area (Å²) in [6.45, 7) is 1.46. The highest BCUT2D eigenvalue weighted by Gasteiger charge is 2.25. The van der Waals surface area contributed by atoms with E-state index in [2.05, 4.69) is 10.3 Å². The van der Waals surface area contributed by atoms with E-state index in [0.717, 1.165) is 30.0 Å². The summed E-state index contributed by atoms with van der Waals surface area (Å²) >= 11 is 0. The third-order valence-corrected chi connectivity index (χ3v) is 7.95. The van der Waals surface area contributed by atoms with E-state index in [1.807, 2.05) is 18.2 Å². The molecule has 0 atom stereocenters. The molecule has 1 aliphatic heterocycles. The summed E-state index contributed by atoms with van der Waals surface area (Å²) < 4.78 is 46.9. The van der Waals surface area contributed by atoms with E-state index in [-0.39, 0.29) is 23.3 Å². The molecular weight excluding hydrogens is 469 g/mol. The van der Waals surface area contributed by atoms with Crippen molar-refractivity contribution in [3.05, 3.63) is 95.7 Å². The first-order chi connectivity index (χ1) is 16.9. The second-order valence-electron chi connectivity index (χ2n) is 8.46. The molecule has 9 heteroatoms. The number of hydrogen-bond donors (Lipinski definition) is 1. The van der Waals surface area contributed by atoms with Crippen molar-refractivity contribution >= 4 is 26.8 Å². The molecule has 7 nitrogen and oxygen atoms in total. The number of carbonyl (C=O) groups excluding carboxylic acids is 1. The Hall–Kier alpha value is -3.56. The van der Waals surface area contributed by atoms with Gasteiger partial charge in [-0.1, -0.05) is 18.2 Å². The number of ether oxygens (including phenoxy) is 1. The van der Waals surface area contributed by atoms with Crippen LogP contribution in [0.1, 0.15) is 40.4 Å². The van der Waals surface area contributed by atoms with E-state index < -0.39 is 15.8 Å². The first-order valence-electron chi connectivity index (χ1n) is 11.4. The molecule has 4 aromatic rings. The quantitative estimate of drug-likeness (QED) is 0.434. The molecule has 1 saturated heterocycles. The van der Waals surface area contributed by atoms with Crippen LogP contribution < -0.4 is 5.32 Å². The predicted octanol–water partition coefficient (Wildman–Crippen LogP) is 4.24. The summed E-state index contributed by atoms with van der Waals surface area (Å²) in [6.07, 6.45) is 4.52. The first-order valence-corrected chi connectivity index (χ1v) is 12.8. The van der Waals surface area contributed by atoms with Gasteiger partial charge in [0.05, 0.1) is 28.8 Å². The van der Waals surface area contributed by atoms with Crippen LogP contribution in [0.2, 0.25) is 0 Å². The first kappa shape index (κ1) is 23.2. The highest BCUT2D eigenvalue weighted by molar-refractivity contribution is 7.90. The molecule has 1 N–H and O–H groups in total. The van der Waals surface area contributed by atoms with Gasteiger partial charge in [-0.05, 0) is 66.8 Å². The number of aromatic nitrogens is 2. The van der Waals surface area contributed by atoms with Gasteiger partial charge in [0.2, 0.25) is 0 Å². The molecule has 5 rings (SSSR count). The van der Waals surface area contributed by atoms with E-state index in [1.54, 1.807) is 12.3 Å². The molecule has 0 bridgehead atoms. The normalized spacial score (nSPS) is 14.8. The summed E-state index contributed by atoms with van der Waals surface area (Å²) in [4.78, 5) is 16.5. The van der Waals surface area contributed by atoms with E-state index >= 15 is 0 Å². The number of fused-ring (bicyclic) bond motifs is 1. The smallest absolute Gasteiger partial charge is 0.268 e. The molecule has 3 heterocycles. The van der Waals surface area contributed by atoms with Crippen molar-refractivity contribution in [2.24, 2.45) is 0 Å². The van der Waals surface area contributed by atoms with Gasteiger partial charge in [-0.3, -0.25) is 9.78 Å². The van der Waals surface area contributed by atoms with E-state index in [4.69, 9.17) is 4.74 Å². The molecule has 1 aliphatic rings. The summed E-state index contributed by atoms with van der Waals surface area (Å²) in [5.41, 5.74) is 2.46. The van der Waals surface area contributed by atoms with Crippen molar-refractivity contribution in [2.75, 3.05) is 13.2 Å². The fraction of sp³-hybridized carbons (Fsp3) is 0.231. The second-order valence-corrected chi connectivity index (χ2v) is 10.3. The third-order valence-electron chi connectivity index (χ3n) is 6.26. The lowest BCUT2D eigenvalue weighted by atomic mass is 9.91. The fourth-order valence-corrected chi connectivity index (χ4v) is 5.76. The zero-order chi connectivity index (χ0) is 24.4. The van der Waals surface area contributed by atoms with Crippen molar-refractivity contribution < 1.29 is 22.3 Å². The van der Waals surface area contributed by atoms with Gasteiger partial charge in [0, 0.05) is 30.4 Å². The highest BCUT2D eigenvalue weighted by Crippen LogP contribution is 2.35. The van der Waals surface area contributed by atoms with Crippen LogP contribution in [0.25, 0.3) is 10.9 Å². The average Bonchev–Trinajstić information content (AvgIpc) is 3.29. The van der Waals surface area contributed by atoms with Crippen molar-refractivity contribution in [3.8, 4) is 0 Å². The number of nitrogens with zero attached hydrogens (tertiary/aromatic N) is 2. The number of rotatable bonds is 6. The molecular formula is C26H24FN3O4S. The maximum Gasteiger partial charge on any atom is 0.268 e. The van der Waals surface area contributed by atoms with Crippen molar-refractivity contribution in [3.63, 3.8) is 0 Å². The van der Waals surface area contributed by atoms with Crippen molar-refractivity contribution in [2.45, 2.75) is 30.2 Å². The molecule has 0 unspecified atom stereocenters. The summed E-state index contributed by atoms with van der Waals surface area (Å²) in [5.74, 6) is -0.590. The lowest BCUT2D eigenvalue weighted by Gasteiger charge is -2.21. The Morgan fingerprint density at radius 3 is 2.51 bits per heavy atom. The Morgan fingerprint density at radius 2 is 1.80 bits per heavy atom. The fourth-order valence-electron chi connectivity index (χ4n) is 4.38. The summed E-state index contributed by atoms with van der Waals surface area (Å²) in [5, 5.41) is 3.62.